The van der Waals surface area contributed by atoms with Crippen LogP contribution in [-0.4, -0.2) is 76.9 Å². The lowest BCUT2D eigenvalue weighted by atomic mass is 10.0. The van der Waals surface area contributed by atoms with E-state index in [1.165, 1.54) is 10.9 Å². The van der Waals surface area contributed by atoms with Gasteiger partial charge in [0.25, 0.3) is 0 Å². The zero-order valence-corrected chi connectivity index (χ0v) is 16.3. The number of benzene rings is 1. The van der Waals surface area contributed by atoms with Crippen LogP contribution < -0.4 is 5.73 Å². The summed E-state index contributed by atoms with van der Waals surface area (Å²) in [6.07, 6.45) is 5.23. The first kappa shape index (κ1) is 18.8. The summed E-state index contributed by atoms with van der Waals surface area (Å²) in [6.45, 7) is 4.91. The minimum atomic E-state index is -0.315. The molecule has 0 atom stereocenters. The Labute approximate surface area is 165 Å². The number of aromatic amines is 1. The average molecular weight is 383 g/mol. The van der Waals surface area contributed by atoms with Gasteiger partial charge in [-0.25, -0.2) is 4.79 Å². The molecule has 0 spiro atoms. The van der Waals surface area contributed by atoms with E-state index in [2.05, 4.69) is 34.1 Å². The lowest BCUT2D eigenvalue weighted by molar-refractivity contribution is -0.133. The summed E-state index contributed by atoms with van der Waals surface area (Å²) in [4.78, 5) is 33.3. The van der Waals surface area contributed by atoms with Crippen molar-refractivity contribution in [3.63, 3.8) is 0 Å². The number of piperazine rings is 1. The monoisotopic (exact) mass is 383 g/mol. The Morgan fingerprint density at radius 3 is 2.46 bits per heavy atom. The minimum Gasteiger partial charge on any atom is -0.361 e. The number of piperidine rings is 1. The number of nitrogens with two attached hydrogens (primary N) is 1. The zero-order chi connectivity index (χ0) is 19.5. The summed E-state index contributed by atoms with van der Waals surface area (Å²) in [5.41, 5.74) is 7.70. The fourth-order valence-corrected chi connectivity index (χ4v) is 4.46. The van der Waals surface area contributed by atoms with Crippen molar-refractivity contribution in [1.82, 2.24) is 19.7 Å². The number of aromatic nitrogens is 1. The van der Waals surface area contributed by atoms with Crippen molar-refractivity contribution in [3.8, 4) is 0 Å². The number of likely N-dealkylation sites (tertiary alicyclic amines) is 1. The second kappa shape index (κ2) is 8.22. The number of fused-ring (bicyclic) bond motifs is 1. The van der Waals surface area contributed by atoms with Crippen LogP contribution in [0.5, 0.6) is 0 Å². The van der Waals surface area contributed by atoms with E-state index in [-0.39, 0.29) is 11.9 Å². The molecule has 0 saturated carbocycles. The Morgan fingerprint density at radius 2 is 1.75 bits per heavy atom. The molecule has 7 heteroatoms. The van der Waals surface area contributed by atoms with Crippen LogP contribution in [0.4, 0.5) is 4.79 Å². The number of hydrogen-bond donors (Lipinski definition) is 2. The molecule has 28 heavy (non-hydrogen) atoms. The molecule has 4 rings (SSSR count). The van der Waals surface area contributed by atoms with Gasteiger partial charge in [0, 0.05) is 63.4 Å². The molecule has 2 aromatic rings. The van der Waals surface area contributed by atoms with Crippen LogP contribution >= 0.6 is 0 Å². The van der Waals surface area contributed by atoms with Gasteiger partial charge in [0.1, 0.15) is 0 Å². The van der Waals surface area contributed by atoms with Crippen LogP contribution in [0, 0.1) is 0 Å². The van der Waals surface area contributed by atoms with Crippen molar-refractivity contribution in [1.29, 1.82) is 0 Å². The molecule has 2 aliphatic rings. The average Bonchev–Trinajstić information content (AvgIpc) is 3.20. The Balaban J connectivity index is 1.22. The van der Waals surface area contributed by atoms with Gasteiger partial charge in [-0.1, -0.05) is 6.07 Å². The molecule has 3 N–H and O–H groups in total. The summed E-state index contributed by atoms with van der Waals surface area (Å²) < 4.78 is 0. The first-order valence-electron chi connectivity index (χ1n) is 10.2. The molecule has 2 aliphatic heterocycles. The SMILES string of the molecule is NC(=O)N1CCC(N2CCN(C(=O)CCc3ccc4[nH]ccc4c3)CC2)CC1. The third-order valence-corrected chi connectivity index (χ3v) is 6.20. The lowest BCUT2D eigenvalue weighted by Gasteiger charge is -2.42. The van der Waals surface area contributed by atoms with Gasteiger partial charge < -0.3 is 20.5 Å². The molecule has 2 fully saturated rings. The van der Waals surface area contributed by atoms with Gasteiger partial charge in [0.05, 0.1) is 0 Å². The van der Waals surface area contributed by atoms with Crippen molar-refractivity contribution >= 4 is 22.8 Å². The number of primary amides is 1. The molecule has 0 bridgehead atoms. The molecule has 0 radical (unpaired) electrons. The molecule has 3 heterocycles. The van der Waals surface area contributed by atoms with E-state index in [9.17, 15) is 9.59 Å². The van der Waals surface area contributed by atoms with Crippen molar-refractivity contribution in [2.24, 2.45) is 5.73 Å². The number of aryl methyl sites for hydroxylation is 1. The van der Waals surface area contributed by atoms with Crippen LogP contribution in [-0.2, 0) is 11.2 Å². The van der Waals surface area contributed by atoms with E-state index in [1.807, 2.05) is 11.1 Å². The fourth-order valence-electron chi connectivity index (χ4n) is 4.46. The van der Waals surface area contributed by atoms with E-state index in [0.29, 0.717) is 12.5 Å². The number of carbonyl (C=O) groups excluding carboxylic acids is 2. The Morgan fingerprint density at radius 1 is 1.00 bits per heavy atom. The third-order valence-electron chi connectivity index (χ3n) is 6.20. The van der Waals surface area contributed by atoms with Gasteiger partial charge in [-0.2, -0.15) is 0 Å². The summed E-state index contributed by atoms with van der Waals surface area (Å²) in [5, 5.41) is 1.20. The maximum atomic E-state index is 12.6. The number of nitrogens with zero attached hydrogens (tertiary/aromatic N) is 3. The third kappa shape index (κ3) is 4.14. The zero-order valence-electron chi connectivity index (χ0n) is 16.3. The summed E-state index contributed by atoms with van der Waals surface area (Å²) in [7, 11) is 0. The van der Waals surface area contributed by atoms with Crippen molar-refractivity contribution in [2.75, 3.05) is 39.3 Å². The van der Waals surface area contributed by atoms with Crippen LogP contribution in [0.2, 0.25) is 0 Å². The van der Waals surface area contributed by atoms with E-state index >= 15 is 0 Å². The number of hydrogen-bond acceptors (Lipinski definition) is 3. The van der Waals surface area contributed by atoms with E-state index in [4.69, 9.17) is 5.73 Å². The first-order chi connectivity index (χ1) is 13.6. The van der Waals surface area contributed by atoms with Gasteiger partial charge in [0.15, 0.2) is 0 Å². The fraction of sp³-hybridized carbons (Fsp3) is 0.524. The topological polar surface area (TPSA) is 85.7 Å². The van der Waals surface area contributed by atoms with Gasteiger partial charge in [-0.05, 0) is 48.4 Å². The minimum absolute atomic E-state index is 0.248. The number of carbonyl (C=O) groups is 2. The molecule has 1 aromatic heterocycles. The van der Waals surface area contributed by atoms with Crippen LogP contribution in [0.3, 0.4) is 0 Å². The lowest BCUT2D eigenvalue weighted by Crippen LogP contribution is -2.55. The standard InChI is InChI=1S/C21H29N5O2/c22-21(28)26-9-6-18(7-10-26)24-11-13-25(14-12-24)20(27)4-2-16-1-3-19-17(15-16)5-8-23-19/h1,3,5,8,15,18,23H,2,4,6-7,9-14H2,(H2,22,28). The molecule has 0 aliphatic carbocycles. The van der Waals surface area contributed by atoms with Gasteiger partial charge >= 0.3 is 6.03 Å². The maximum Gasteiger partial charge on any atom is 0.314 e. The predicted molar refractivity (Wildman–Crippen MR) is 109 cm³/mol. The summed E-state index contributed by atoms with van der Waals surface area (Å²) >= 11 is 0. The van der Waals surface area contributed by atoms with Crippen LogP contribution in [0.1, 0.15) is 24.8 Å². The highest BCUT2D eigenvalue weighted by molar-refractivity contribution is 5.80. The molecule has 1 aromatic carbocycles. The Kier molecular flexibility index (Phi) is 5.52. The van der Waals surface area contributed by atoms with E-state index in [0.717, 1.165) is 64.0 Å². The van der Waals surface area contributed by atoms with Crippen LogP contribution in [0.25, 0.3) is 10.9 Å². The summed E-state index contributed by atoms with van der Waals surface area (Å²) in [5.74, 6) is 0.248. The van der Waals surface area contributed by atoms with Crippen LogP contribution in [0.15, 0.2) is 30.5 Å². The highest BCUT2D eigenvalue weighted by Gasteiger charge is 2.29. The van der Waals surface area contributed by atoms with E-state index in [1.54, 1.807) is 4.90 Å². The quantitative estimate of drug-likeness (QED) is 0.844. The molecule has 3 amide bonds. The number of nitrogens with one attached hydrogen (secondary N) is 1. The van der Waals surface area contributed by atoms with Crippen molar-refractivity contribution in [2.45, 2.75) is 31.7 Å². The second-order valence-corrected chi connectivity index (χ2v) is 7.87. The highest BCUT2D eigenvalue weighted by Crippen LogP contribution is 2.19. The van der Waals surface area contributed by atoms with Gasteiger partial charge in [-0.15, -0.1) is 0 Å². The Bertz CT molecular complexity index is 832. The number of amides is 3. The predicted octanol–water partition coefficient (Wildman–Crippen LogP) is 1.79. The largest absolute Gasteiger partial charge is 0.361 e. The molecule has 7 nitrogen and oxygen atoms in total. The molecule has 150 valence electrons. The summed E-state index contributed by atoms with van der Waals surface area (Å²) in [6, 6.07) is 8.59. The number of rotatable bonds is 4. The molecule has 2 saturated heterocycles. The Hall–Kier alpha value is -2.54. The smallest absolute Gasteiger partial charge is 0.314 e. The normalized spacial score (nSPS) is 19.3. The van der Waals surface area contributed by atoms with Crippen molar-refractivity contribution < 1.29 is 9.59 Å². The number of urea groups is 1. The van der Waals surface area contributed by atoms with Gasteiger partial charge in [0.2, 0.25) is 5.91 Å². The number of H-pyrrole nitrogens is 1. The second-order valence-electron chi connectivity index (χ2n) is 7.87. The molecular weight excluding hydrogens is 354 g/mol. The molecular formula is C21H29N5O2. The van der Waals surface area contributed by atoms with Crippen molar-refractivity contribution in [3.05, 3.63) is 36.0 Å². The van der Waals surface area contributed by atoms with E-state index < -0.39 is 0 Å². The first-order valence-corrected chi connectivity index (χ1v) is 10.2. The van der Waals surface area contributed by atoms with Gasteiger partial charge in [-0.3, -0.25) is 9.69 Å². The highest BCUT2D eigenvalue weighted by atomic mass is 16.2. The molecule has 0 unspecified atom stereocenters. The maximum absolute atomic E-state index is 12.6.